The molecule has 1 aromatic carbocycles. The summed E-state index contributed by atoms with van der Waals surface area (Å²) >= 11 is 0. The van der Waals surface area contributed by atoms with Crippen molar-refractivity contribution in [1.82, 2.24) is 0 Å². The van der Waals surface area contributed by atoms with Crippen LogP contribution in [0.2, 0.25) is 0 Å². The van der Waals surface area contributed by atoms with Gasteiger partial charge in [-0.1, -0.05) is 5.46 Å². The van der Waals surface area contributed by atoms with E-state index in [4.69, 9.17) is 18.9 Å². The summed E-state index contributed by atoms with van der Waals surface area (Å²) in [6, 6.07) is 3.84. The Labute approximate surface area is 95.9 Å². The summed E-state index contributed by atoms with van der Waals surface area (Å²) in [5.74, 6) is 1.42. The average Bonchev–Trinajstić information content (AvgIpc) is 2.82. The summed E-state index contributed by atoms with van der Waals surface area (Å²) in [7, 11) is 5.25. The van der Waals surface area contributed by atoms with Gasteiger partial charge in [-0.2, -0.15) is 0 Å². The number of hydrogen-bond donors (Lipinski definition) is 0. The zero-order valence-corrected chi connectivity index (χ0v) is 9.78. The topological polar surface area (TPSA) is 36.9 Å². The summed E-state index contributed by atoms with van der Waals surface area (Å²) in [6.07, 6.45) is -0.278. The molecule has 0 radical (unpaired) electrons. The van der Waals surface area contributed by atoms with E-state index in [1.54, 1.807) is 14.2 Å². The fraction of sp³-hybridized carbons (Fsp3) is 0.455. The number of rotatable bonds is 3. The molecule has 0 spiro atoms. The third-order valence-electron chi connectivity index (χ3n) is 2.65. The number of hydrogen-bond acceptors (Lipinski definition) is 4. The standard InChI is InChI=1S/C11H15BO4/c1-13-9-5-7(11-15-3-4-16-11)8(12)6-10(9)14-2/h5-6,11H,3-4,12H2,1-2H3. The number of benzene rings is 1. The minimum absolute atomic E-state index is 0.278. The van der Waals surface area contributed by atoms with Gasteiger partial charge in [0.1, 0.15) is 7.85 Å². The minimum Gasteiger partial charge on any atom is -0.493 e. The first-order valence-electron chi connectivity index (χ1n) is 5.22. The lowest BCUT2D eigenvalue weighted by molar-refractivity contribution is -0.0434. The van der Waals surface area contributed by atoms with E-state index in [1.807, 2.05) is 20.0 Å². The molecule has 0 atom stereocenters. The number of methoxy groups -OCH3 is 2. The van der Waals surface area contributed by atoms with Crippen molar-refractivity contribution in [2.45, 2.75) is 6.29 Å². The van der Waals surface area contributed by atoms with Crippen LogP contribution < -0.4 is 14.9 Å². The van der Waals surface area contributed by atoms with E-state index in [9.17, 15) is 0 Å². The van der Waals surface area contributed by atoms with Crippen molar-refractivity contribution in [2.75, 3.05) is 27.4 Å². The van der Waals surface area contributed by atoms with Crippen LogP contribution in [0, 0.1) is 0 Å². The Bertz CT molecular complexity index is 374. The van der Waals surface area contributed by atoms with E-state index in [0.717, 1.165) is 16.8 Å². The first-order chi connectivity index (χ1) is 7.76. The third-order valence-corrected chi connectivity index (χ3v) is 2.65. The molecule has 0 aliphatic carbocycles. The van der Waals surface area contributed by atoms with Gasteiger partial charge in [-0.05, 0) is 12.1 Å². The van der Waals surface area contributed by atoms with Gasteiger partial charge in [0.15, 0.2) is 17.8 Å². The van der Waals surface area contributed by atoms with Crippen molar-refractivity contribution in [1.29, 1.82) is 0 Å². The maximum absolute atomic E-state index is 5.47. The highest BCUT2D eigenvalue weighted by Crippen LogP contribution is 2.31. The normalized spacial score (nSPS) is 16.4. The Morgan fingerprint density at radius 2 is 1.69 bits per heavy atom. The molecular formula is C11H15BO4. The highest BCUT2D eigenvalue weighted by molar-refractivity contribution is 6.33. The fourth-order valence-electron chi connectivity index (χ4n) is 1.79. The van der Waals surface area contributed by atoms with Gasteiger partial charge < -0.3 is 18.9 Å². The summed E-state index contributed by atoms with van der Waals surface area (Å²) in [5, 5.41) is 0. The molecule has 1 aliphatic rings. The van der Waals surface area contributed by atoms with Crippen molar-refractivity contribution in [3.63, 3.8) is 0 Å². The number of ether oxygens (including phenoxy) is 4. The van der Waals surface area contributed by atoms with Crippen molar-refractivity contribution in [2.24, 2.45) is 0 Å². The van der Waals surface area contributed by atoms with Crippen LogP contribution in [0.3, 0.4) is 0 Å². The van der Waals surface area contributed by atoms with Gasteiger partial charge in [0.05, 0.1) is 27.4 Å². The van der Waals surface area contributed by atoms with Gasteiger partial charge in [-0.3, -0.25) is 0 Å². The third kappa shape index (κ3) is 2.01. The highest BCUT2D eigenvalue weighted by atomic mass is 16.7. The van der Waals surface area contributed by atoms with Crippen LogP contribution in [0.1, 0.15) is 11.9 Å². The monoisotopic (exact) mass is 222 g/mol. The van der Waals surface area contributed by atoms with Crippen LogP contribution in [0.4, 0.5) is 0 Å². The first kappa shape index (κ1) is 11.3. The van der Waals surface area contributed by atoms with Crippen molar-refractivity contribution >= 4 is 13.3 Å². The lowest BCUT2D eigenvalue weighted by Gasteiger charge is -2.16. The molecule has 0 saturated carbocycles. The molecule has 2 rings (SSSR count). The van der Waals surface area contributed by atoms with Gasteiger partial charge in [-0.25, -0.2) is 0 Å². The largest absolute Gasteiger partial charge is 0.493 e. The smallest absolute Gasteiger partial charge is 0.183 e. The second-order valence-corrected chi connectivity index (χ2v) is 3.64. The molecule has 86 valence electrons. The maximum Gasteiger partial charge on any atom is 0.183 e. The lowest BCUT2D eigenvalue weighted by Crippen LogP contribution is -2.16. The van der Waals surface area contributed by atoms with Crippen LogP contribution in [0.15, 0.2) is 12.1 Å². The van der Waals surface area contributed by atoms with Gasteiger partial charge in [0.25, 0.3) is 0 Å². The second kappa shape index (κ2) is 4.76. The van der Waals surface area contributed by atoms with Gasteiger partial charge >= 0.3 is 0 Å². The summed E-state index contributed by atoms with van der Waals surface area (Å²) < 4.78 is 21.4. The molecule has 0 bridgehead atoms. The second-order valence-electron chi connectivity index (χ2n) is 3.64. The van der Waals surface area contributed by atoms with Gasteiger partial charge in [0.2, 0.25) is 0 Å². The summed E-state index contributed by atoms with van der Waals surface area (Å²) in [4.78, 5) is 0. The molecule has 0 aromatic heterocycles. The predicted octanol–water partition coefficient (Wildman–Crippen LogP) is 0.00760. The molecule has 16 heavy (non-hydrogen) atoms. The Morgan fingerprint density at radius 1 is 1.12 bits per heavy atom. The van der Waals surface area contributed by atoms with E-state index in [1.165, 1.54) is 0 Å². The van der Waals surface area contributed by atoms with Crippen molar-refractivity contribution < 1.29 is 18.9 Å². The molecule has 1 saturated heterocycles. The van der Waals surface area contributed by atoms with Crippen molar-refractivity contribution in [3.8, 4) is 11.5 Å². The molecule has 1 heterocycles. The van der Waals surface area contributed by atoms with E-state index in [2.05, 4.69) is 0 Å². The van der Waals surface area contributed by atoms with Crippen LogP contribution >= 0.6 is 0 Å². The van der Waals surface area contributed by atoms with E-state index < -0.39 is 0 Å². The maximum atomic E-state index is 5.47. The molecule has 4 nitrogen and oxygen atoms in total. The van der Waals surface area contributed by atoms with Crippen LogP contribution in [-0.4, -0.2) is 35.3 Å². The lowest BCUT2D eigenvalue weighted by atomic mass is 9.89. The molecule has 1 aromatic rings. The quantitative estimate of drug-likeness (QED) is 0.675. The Kier molecular flexibility index (Phi) is 3.36. The molecule has 1 fully saturated rings. The van der Waals surface area contributed by atoms with Gasteiger partial charge in [0, 0.05) is 5.56 Å². The average molecular weight is 222 g/mol. The fourth-order valence-corrected chi connectivity index (χ4v) is 1.79. The van der Waals surface area contributed by atoms with E-state index in [-0.39, 0.29) is 6.29 Å². The van der Waals surface area contributed by atoms with E-state index >= 15 is 0 Å². The molecule has 0 unspecified atom stereocenters. The molecular weight excluding hydrogens is 207 g/mol. The van der Waals surface area contributed by atoms with Crippen LogP contribution in [0.5, 0.6) is 11.5 Å². The summed E-state index contributed by atoms with van der Waals surface area (Å²) in [5.41, 5.74) is 2.07. The first-order valence-corrected chi connectivity index (χ1v) is 5.22. The molecule has 0 N–H and O–H groups in total. The SMILES string of the molecule is Bc1cc(OC)c(OC)cc1C1OCCO1. The Morgan fingerprint density at radius 3 is 2.25 bits per heavy atom. The zero-order chi connectivity index (χ0) is 11.5. The Hall–Kier alpha value is -1.20. The molecule has 0 amide bonds. The predicted molar refractivity (Wildman–Crippen MR) is 62.4 cm³/mol. The van der Waals surface area contributed by atoms with Crippen LogP contribution in [0.25, 0.3) is 0 Å². The van der Waals surface area contributed by atoms with Gasteiger partial charge in [-0.15, -0.1) is 0 Å². The zero-order valence-electron chi connectivity index (χ0n) is 9.78. The molecule has 5 heteroatoms. The van der Waals surface area contributed by atoms with Crippen LogP contribution in [-0.2, 0) is 9.47 Å². The summed E-state index contributed by atoms with van der Waals surface area (Å²) in [6.45, 7) is 1.27. The highest BCUT2D eigenvalue weighted by Gasteiger charge is 2.21. The van der Waals surface area contributed by atoms with E-state index in [0.29, 0.717) is 19.0 Å². The minimum atomic E-state index is -0.278. The van der Waals surface area contributed by atoms with Crippen molar-refractivity contribution in [3.05, 3.63) is 17.7 Å². The molecule has 1 aliphatic heterocycles. The Balaban J connectivity index is 2.37.